The zero-order valence-corrected chi connectivity index (χ0v) is 6.75. The van der Waals surface area contributed by atoms with Crippen LogP contribution in [0.5, 0.6) is 0 Å². The van der Waals surface area contributed by atoms with Gasteiger partial charge in [0.25, 0.3) is 0 Å². The zero-order valence-electron chi connectivity index (χ0n) is 4.08. The van der Waals surface area contributed by atoms with Gasteiger partial charge in [-0.3, -0.25) is 0 Å². The highest BCUT2D eigenvalue weighted by atomic mass is 35.7. The number of rotatable bonds is 3. The molecule has 0 heterocycles. The van der Waals surface area contributed by atoms with Gasteiger partial charge in [-0.1, -0.05) is 0 Å². The zero-order chi connectivity index (χ0) is 6.57. The van der Waals surface area contributed by atoms with Crippen LogP contribution in [0.25, 0.3) is 0 Å². The van der Waals surface area contributed by atoms with Crippen LogP contribution in [0.4, 0.5) is 8.78 Å². The predicted molar refractivity (Wildman–Crippen MR) is 34.3 cm³/mol. The molecule has 0 saturated carbocycles. The van der Waals surface area contributed by atoms with Crippen molar-refractivity contribution in [3.05, 3.63) is 0 Å². The average molecular weight is 179 g/mol. The van der Waals surface area contributed by atoms with Crippen molar-refractivity contribution in [2.75, 3.05) is 0 Å². The topological polar surface area (TPSA) is 0 Å². The van der Waals surface area contributed by atoms with Crippen molar-refractivity contribution in [3.63, 3.8) is 0 Å². The van der Waals surface area contributed by atoms with E-state index in [0.717, 1.165) is 0 Å². The van der Waals surface area contributed by atoms with Crippen molar-refractivity contribution in [1.82, 2.24) is 0 Å². The maximum absolute atomic E-state index is 11.3. The van der Waals surface area contributed by atoms with E-state index >= 15 is 0 Å². The first kappa shape index (κ1) is 8.66. The lowest BCUT2D eigenvalue weighted by Gasteiger charge is -1.95. The molecule has 8 heavy (non-hydrogen) atoms. The summed E-state index contributed by atoms with van der Waals surface area (Å²) in [5.41, 5.74) is 0. The third kappa shape index (κ3) is 6.66. The second-order valence-electron chi connectivity index (χ2n) is 1.36. The highest BCUT2D eigenvalue weighted by Gasteiger charge is 2.07. The molecule has 0 unspecified atom stereocenters. The second kappa shape index (κ2) is 4.53. The molecule has 0 rings (SSSR count). The summed E-state index contributed by atoms with van der Waals surface area (Å²) in [6.45, 7) is 0. The Kier molecular flexibility index (Phi) is 4.90. The van der Waals surface area contributed by atoms with Gasteiger partial charge in [0, 0.05) is 6.42 Å². The molecular weight excluding hydrogens is 173 g/mol. The Morgan fingerprint density at radius 3 is 2.00 bits per heavy atom. The first-order valence-corrected chi connectivity index (χ1v) is 6.50. The summed E-state index contributed by atoms with van der Waals surface area (Å²) in [6, 6.07) is 0.306. The van der Waals surface area contributed by atoms with Crippen LogP contribution in [-0.2, 0) is 0 Å². The van der Waals surface area contributed by atoms with Gasteiger partial charge in [-0.05, 0) is 6.04 Å². The van der Waals surface area contributed by atoms with Crippen molar-refractivity contribution in [1.29, 1.82) is 0 Å². The van der Waals surface area contributed by atoms with Crippen LogP contribution < -0.4 is 0 Å². The summed E-state index contributed by atoms with van der Waals surface area (Å²) in [6.07, 6.45) is -2.40. The van der Waals surface area contributed by atoms with Crippen LogP contribution >= 0.6 is 22.2 Å². The van der Waals surface area contributed by atoms with Crippen molar-refractivity contribution >= 4 is 29.6 Å². The van der Waals surface area contributed by atoms with Crippen LogP contribution in [0.1, 0.15) is 6.42 Å². The van der Waals surface area contributed by atoms with E-state index in [1.54, 1.807) is 0 Å². The molecule has 0 aromatic rings. The molecule has 5 heteroatoms. The fourth-order valence-electron chi connectivity index (χ4n) is 0.252. The molecule has 0 spiro atoms. The van der Waals surface area contributed by atoms with Crippen molar-refractivity contribution in [3.8, 4) is 0 Å². The number of halogens is 4. The van der Waals surface area contributed by atoms with E-state index in [2.05, 4.69) is 0 Å². The molecule has 0 saturated heterocycles. The molecule has 0 aliphatic carbocycles. The second-order valence-corrected chi connectivity index (χ2v) is 6.55. The minimum absolute atomic E-state index is 0.149. The third-order valence-corrected chi connectivity index (χ3v) is 2.68. The Morgan fingerprint density at radius 1 is 1.38 bits per heavy atom. The molecule has 0 fully saturated rings. The Balaban J connectivity index is 2.93. The maximum Gasteiger partial charge on any atom is 0.238 e. The summed E-state index contributed by atoms with van der Waals surface area (Å²) in [7, 11) is -1.76. The lowest BCUT2D eigenvalue weighted by Crippen LogP contribution is -1.96. The molecule has 0 amide bonds. The van der Waals surface area contributed by atoms with Gasteiger partial charge in [0.1, 0.15) is 0 Å². The molecule has 0 atom stereocenters. The predicted octanol–water partition coefficient (Wildman–Crippen LogP) is 2.34. The van der Waals surface area contributed by atoms with E-state index in [9.17, 15) is 8.78 Å². The highest BCUT2D eigenvalue weighted by molar-refractivity contribution is 7.33. The van der Waals surface area contributed by atoms with Gasteiger partial charge in [0.05, 0.1) is 0 Å². The van der Waals surface area contributed by atoms with E-state index in [4.69, 9.17) is 22.2 Å². The Labute approximate surface area is 57.8 Å². The Morgan fingerprint density at radius 2 is 1.88 bits per heavy atom. The van der Waals surface area contributed by atoms with E-state index in [-0.39, 0.29) is 6.42 Å². The normalized spacial score (nSPS) is 11.2. The molecule has 0 nitrogen and oxygen atoms in total. The minimum atomic E-state index is -2.25. The smallest absolute Gasteiger partial charge is 0.211 e. The maximum atomic E-state index is 11.3. The summed E-state index contributed by atoms with van der Waals surface area (Å²) in [5, 5.41) is 0. The van der Waals surface area contributed by atoms with Crippen molar-refractivity contribution in [2.45, 2.75) is 18.9 Å². The van der Waals surface area contributed by atoms with Crippen LogP contribution in [-0.4, -0.2) is 13.8 Å². The molecule has 0 aliphatic heterocycles. The van der Waals surface area contributed by atoms with Gasteiger partial charge in [0.15, 0.2) is 0 Å². The van der Waals surface area contributed by atoms with Crippen LogP contribution in [0, 0.1) is 0 Å². The molecule has 50 valence electrons. The van der Waals surface area contributed by atoms with Gasteiger partial charge in [-0.2, -0.15) is 22.2 Å². The van der Waals surface area contributed by atoms with Gasteiger partial charge < -0.3 is 0 Å². The van der Waals surface area contributed by atoms with Gasteiger partial charge in [-0.15, -0.1) is 0 Å². The molecule has 0 radical (unpaired) electrons. The number of hydrogen-bond donors (Lipinski definition) is 0. The first-order valence-electron chi connectivity index (χ1n) is 2.19. The molecule has 0 bridgehead atoms. The van der Waals surface area contributed by atoms with Crippen molar-refractivity contribution < 1.29 is 8.78 Å². The lowest BCUT2D eigenvalue weighted by atomic mass is 10.5. The number of alkyl halides is 2. The standard InChI is InChI=1S/C3H6Cl2F2Si/c4-8(5)2-1-3(6)7/h3,8H,1-2H2. The SMILES string of the molecule is FC(F)CC[SiH](Cl)Cl. The molecule has 0 aliphatic rings. The highest BCUT2D eigenvalue weighted by Crippen LogP contribution is 2.10. The van der Waals surface area contributed by atoms with E-state index < -0.39 is 13.8 Å². The monoisotopic (exact) mass is 178 g/mol. The number of hydrogen-bond acceptors (Lipinski definition) is 0. The van der Waals surface area contributed by atoms with Gasteiger partial charge in [-0.25, -0.2) is 8.78 Å². The third-order valence-electron chi connectivity index (χ3n) is 0.603. The average Bonchev–Trinajstić information content (AvgIpc) is 1.61. The van der Waals surface area contributed by atoms with E-state index in [1.165, 1.54) is 0 Å². The summed E-state index contributed by atoms with van der Waals surface area (Å²) in [5.74, 6) is 0. The first-order chi connectivity index (χ1) is 3.63. The lowest BCUT2D eigenvalue weighted by molar-refractivity contribution is 0.144. The molecule has 0 N–H and O–H groups in total. The minimum Gasteiger partial charge on any atom is -0.211 e. The Bertz CT molecular complexity index is 51.2. The van der Waals surface area contributed by atoms with E-state index in [0.29, 0.717) is 6.04 Å². The molecular formula is C3H6Cl2F2Si. The summed E-state index contributed by atoms with van der Waals surface area (Å²) >= 11 is 10.6. The summed E-state index contributed by atoms with van der Waals surface area (Å²) < 4.78 is 22.6. The van der Waals surface area contributed by atoms with Crippen LogP contribution in [0.2, 0.25) is 6.04 Å². The molecule has 0 aromatic heterocycles. The van der Waals surface area contributed by atoms with Crippen molar-refractivity contribution in [2.24, 2.45) is 0 Å². The van der Waals surface area contributed by atoms with E-state index in [1.807, 2.05) is 0 Å². The quantitative estimate of drug-likeness (QED) is 0.460. The molecule has 0 aromatic carbocycles. The van der Waals surface area contributed by atoms with Crippen LogP contribution in [0.15, 0.2) is 0 Å². The van der Waals surface area contributed by atoms with Gasteiger partial charge >= 0.3 is 0 Å². The largest absolute Gasteiger partial charge is 0.238 e. The van der Waals surface area contributed by atoms with Gasteiger partial charge in [0.2, 0.25) is 13.8 Å². The fourth-order valence-corrected chi connectivity index (χ4v) is 1.51. The summed E-state index contributed by atoms with van der Waals surface area (Å²) in [4.78, 5) is 0. The van der Waals surface area contributed by atoms with Crippen LogP contribution in [0.3, 0.4) is 0 Å². The Hall–Kier alpha value is 0.657. The fraction of sp³-hybridized carbons (Fsp3) is 1.00.